The highest BCUT2D eigenvalue weighted by molar-refractivity contribution is 4.98. The molecule has 1 heterocycles. The lowest BCUT2D eigenvalue weighted by Crippen LogP contribution is -2.63. The van der Waals surface area contributed by atoms with Crippen LogP contribution in [0.25, 0.3) is 0 Å². The number of hydrogen-bond donors (Lipinski definition) is 1. The molecule has 88 valence electrons. The molecule has 15 heavy (non-hydrogen) atoms. The summed E-state index contributed by atoms with van der Waals surface area (Å²) in [7, 11) is 0. The molecule has 0 aromatic rings. The molecule has 1 saturated carbocycles. The number of hydrogen-bond acceptors (Lipinski definition) is 2. The second-order valence-corrected chi connectivity index (χ2v) is 5.95. The van der Waals surface area contributed by atoms with E-state index in [9.17, 15) is 0 Å². The van der Waals surface area contributed by atoms with Crippen LogP contribution >= 0.6 is 0 Å². The van der Waals surface area contributed by atoms with E-state index in [1.54, 1.807) is 0 Å². The standard InChI is InChI=1S/C13H25NO/c1-11(2)12(3)9-14-13(10-15-12)7-5-4-6-8-13/h11,14H,4-10H2,1-3H3. The van der Waals surface area contributed by atoms with E-state index < -0.39 is 0 Å². The van der Waals surface area contributed by atoms with E-state index in [4.69, 9.17) is 4.74 Å². The number of ether oxygens (including phenoxy) is 1. The molecule has 1 aliphatic heterocycles. The summed E-state index contributed by atoms with van der Waals surface area (Å²) >= 11 is 0. The summed E-state index contributed by atoms with van der Waals surface area (Å²) in [5.74, 6) is 0.589. The van der Waals surface area contributed by atoms with Gasteiger partial charge in [-0.3, -0.25) is 0 Å². The maximum atomic E-state index is 6.16. The van der Waals surface area contributed by atoms with Gasteiger partial charge >= 0.3 is 0 Å². The molecule has 2 rings (SSSR count). The van der Waals surface area contributed by atoms with E-state index in [1.807, 2.05) is 0 Å². The summed E-state index contributed by atoms with van der Waals surface area (Å²) in [4.78, 5) is 0. The molecule has 0 amide bonds. The van der Waals surface area contributed by atoms with Gasteiger partial charge in [-0.1, -0.05) is 33.1 Å². The van der Waals surface area contributed by atoms with Crippen LogP contribution in [0.1, 0.15) is 52.9 Å². The summed E-state index contributed by atoms with van der Waals surface area (Å²) in [6.07, 6.45) is 6.76. The first-order chi connectivity index (χ1) is 7.06. The molecule has 1 spiro atoms. The Kier molecular flexibility index (Phi) is 3.09. The minimum absolute atomic E-state index is 0.0443. The second-order valence-electron chi connectivity index (χ2n) is 5.95. The van der Waals surface area contributed by atoms with Crippen LogP contribution in [0.2, 0.25) is 0 Å². The zero-order valence-electron chi connectivity index (χ0n) is 10.4. The topological polar surface area (TPSA) is 21.3 Å². The predicted molar refractivity (Wildman–Crippen MR) is 63.0 cm³/mol. The van der Waals surface area contributed by atoms with Crippen LogP contribution in [0.3, 0.4) is 0 Å². The van der Waals surface area contributed by atoms with Crippen molar-refractivity contribution in [2.75, 3.05) is 13.2 Å². The first-order valence-electron chi connectivity index (χ1n) is 6.45. The largest absolute Gasteiger partial charge is 0.372 e. The molecule has 0 aromatic carbocycles. The van der Waals surface area contributed by atoms with Gasteiger partial charge in [0.15, 0.2) is 0 Å². The monoisotopic (exact) mass is 211 g/mol. The molecule has 1 saturated heterocycles. The molecule has 1 aliphatic carbocycles. The molecule has 2 fully saturated rings. The van der Waals surface area contributed by atoms with E-state index >= 15 is 0 Å². The molecule has 0 bridgehead atoms. The van der Waals surface area contributed by atoms with Crippen molar-refractivity contribution in [1.29, 1.82) is 0 Å². The molecule has 2 nitrogen and oxygen atoms in total. The van der Waals surface area contributed by atoms with Gasteiger partial charge in [-0.05, 0) is 25.7 Å². The fourth-order valence-electron chi connectivity index (χ4n) is 2.69. The van der Waals surface area contributed by atoms with Crippen molar-refractivity contribution in [2.24, 2.45) is 5.92 Å². The van der Waals surface area contributed by atoms with Crippen LogP contribution in [0.15, 0.2) is 0 Å². The van der Waals surface area contributed by atoms with Gasteiger partial charge in [0.25, 0.3) is 0 Å². The van der Waals surface area contributed by atoms with Crippen LogP contribution in [0, 0.1) is 5.92 Å². The third-order valence-corrected chi connectivity index (χ3v) is 4.52. The van der Waals surface area contributed by atoms with Crippen molar-refractivity contribution >= 4 is 0 Å². The Morgan fingerprint density at radius 1 is 1.13 bits per heavy atom. The number of morpholine rings is 1. The lowest BCUT2D eigenvalue weighted by atomic mass is 9.79. The fraction of sp³-hybridized carbons (Fsp3) is 1.00. The third kappa shape index (κ3) is 2.21. The highest BCUT2D eigenvalue weighted by atomic mass is 16.5. The average Bonchev–Trinajstić information content (AvgIpc) is 2.24. The van der Waals surface area contributed by atoms with Crippen LogP contribution in [0.4, 0.5) is 0 Å². The Morgan fingerprint density at radius 3 is 2.27 bits per heavy atom. The van der Waals surface area contributed by atoms with Gasteiger partial charge in [0.2, 0.25) is 0 Å². The normalized spacial score (nSPS) is 36.0. The second kappa shape index (κ2) is 4.06. The summed E-state index contributed by atoms with van der Waals surface area (Å²) in [6, 6.07) is 0. The number of rotatable bonds is 1. The van der Waals surface area contributed by atoms with E-state index in [0.717, 1.165) is 13.2 Å². The molecule has 1 unspecified atom stereocenters. The molecule has 2 aliphatic rings. The SMILES string of the molecule is CC(C)C1(C)CNC2(CCCCC2)CO1. The summed E-state index contributed by atoms with van der Waals surface area (Å²) in [5, 5.41) is 3.78. The minimum Gasteiger partial charge on any atom is -0.372 e. The predicted octanol–water partition coefficient (Wildman–Crippen LogP) is 2.72. The lowest BCUT2D eigenvalue weighted by molar-refractivity contribution is -0.129. The van der Waals surface area contributed by atoms with Crippen molar-refractivity contribution in [3.63, 3.8) is 0 Å². The van der Waals surface area contributed by atoms with Crippen molar-refractivity contribution in [1.82, 2.24) is 5.32 Å². The zero-order valence-corrected chi connectivity index (χ0v) is 10.4. The Hall–Kier alpha value is -0.0800. The van der Waals surface area contributed by atoms with Gasteiger partial charge in [0.1, 0.15) is 0 Å². The van der Waals surface area contributed by atoms with Gasteiger partial charge in [-0.2, -0.15) is 0 Å². The average molecular weight is 211 g/mol. The van der Waals surface area contributed by atoms with E-state index in [1.165, 1.54) is 32.1 Å². The van der Waals surface area contributed by atoms with Gasteiger partial charge < -0.3 is 10.1 Å². The smallest absolute Gasteiger partial charge is 0.0802 e. The van der Waals surface area contributed by atoms with Crippen molar-refractivity contribution in [2.45, 2.75) is 64.0 Å². The first-order valence-corrected chi connectivity index (χ1v) is 6.45. The highest BCUT2D eigenvalue weighted by Crippen LogP contribution is 2.35. The summed E-state index contributed by atoms with van der Waals surface area (Å²) in [6.45, 7) is 8.67. The van der Waals surface area contributed by atoms with E-state index in [-0.39, 0.29) is 5.60 Å². The zero-order chi connectivity index (χ0) is 10.9. The number of nitrogens with one attached hydrogen (secondary N) is 1. The Labute approximate surface area is 93.8 Å². The molecule has 2 heteroatoms. The van der Waals surface area contributed by atoms with Crippen LogP contribution in [-0.4, -0.2) is 24.3 Å². The Bertz CT molecular complexity index is 209. The third-order valence-electron chi connectivity index (χ3n) is 4.52. The van der Waals surface area contributed by atoms with Crippen molar-refractivity contribution < 1.29 is 4.74 Å². The maximum absolute atomic E-state index is 6.16. The van der Waals surface area contributed by atoms with Gasteiger partial charge in [0, 0.05) is 12.1 Å². The molecule has 0 radical (unpaired) electrons. The minimum atomic E-state index is 0.0443. The maximum Gasteiger partial charge on any atom is 0.0802 e. The van der Waals surface area contributed by atoms with Gasteiger partial charge in [-0.25, -0.2) is 0 Å². The van der Waals surface area contributed by atoms with Crippen LogP contribution in [-0.2, 0) is 4.74 Å². The molecule has 0 aromatic heterocycles. The Morgan fingerprint density at radius 2 is 1.80 bits per heavy atom. The van der Waals surface area contributed by atoms with Crippen LogP contribution < -0.4 is 5.32 Å². The highest BCUT2D eigenvalue weighted by Gasteiger charge is 2.42. The van der Waals surface area contributed by atoms with Crippen molar-refractivity contribution in [3.8, 4) is 0 Å². The van der Waals surface area contributed by atoms with Gasteiger partial charge in [0.05, 0.1) is 12.2 Å². The van der Waals surface area contributed by atoms with Gasteiger partial charge in [-0.15, -0.1) is 0 Å². The van der Waals surface area contributed by atoms with Crippen LogP contribution in [0.5, 0.6) is 0 Å². The lowest BCUT2D eigenvalue weighted by Gasteiger charge is -2.49. The quantitative estimate of drug-likeness (QED) is 0.720. The molecule has 1 N–H and O–H groups in total. The Balaban J connectivity index is 1.96. The molecular formula is C13H25NO. The summed E-state index contributed by atoms with van der Waals surface area (Å²) < 4.78 is 6.16. The first kappa shape index (κ1) is 11.4. The molecular weight excluding hydrogens is 186 g/mol. The van der Waals surface area contributed by atoms with E-state index in [0.29, 0.717) is 11.5 Å². The van der Waals surface area contributed by atoms with E-state index in [2.05, 4.69) is 26.1 Å². The molecule has 1 atom stereocenters. The summed E-state index contributed by atoms with van der Waals surface area (Å²) in [5.41, 5.74) is 0.370. The fourth-order valence-corrected chi connectivity index (χ4v) is 2.69. The van der Waals surface area contributed by atoms with Crippen molar-refractivity contribution in [3.05, 3.63) is 0 Å².